The number of aryl methyl sites for hydroxylation is 1. The number of hydrogen-bond acceptors (Lipinski definition) is 2. The first-order chi connectivity index (χ1) is 8.52. The van der Waals surface area contributed by atoms with Crippen LogP contribution in [0, 0.1) is 12.8 Å². The number of carbonyl (C=O) groups excluding carboxylic acids is 1. The number of hydrogen-bond donors (Lipinski definition) is 2. The number of amides is 1. The summed E-state index contributed by atoms with van der Waals surface area (Å²) in [7, 11) is 0. The molecular formula is C14H18BrNO2. The minimum absolute atomic E-state index is 0.0769. The Hall–Kier alpha value is -1.13. The molecule has 0 spiro atoms. The highest BCUT2D eigenvalue weighted by molar-refractivity contribution is 9.10. The van der Waals surface area contributed by atoms with Crippen LogP contribution in [0.1, 0.15) is 18.1 Å². The molecule has 18 heavy (non-hydrogen) atoms. The van der Waals surface area contributed by atoms with Crippen molar-refractivity contribution in [3.63, 3.8) is 0 Å². The van der Waals surface area contributed by atoms with Crippen LogP contribution in [0.2, 0.25) is 0 Å². The molecule has 1 aromatic rings. The predicted molar refractivity (Wildman–Crippen MR) is 77.2 cm³/mol. The quantitative estimate of drug-likeness (QED) is 0.821. The zero-order valence-corrected chi connectivity index (χ0v) is 12.2. The number of nitrogens with one attached hydrogen (secondary N) is 1. The summed E-state index contributed by atoms with van der Waals surface area (Å²) >= 11 is 3.45. The molecule has 4 heteroatoms. The van der Waals surface area contributed by atoms with Crippen molar-refractivity contribution in [2.45, 2.75) is 13.8 Å². The van der Waals surface area contributed by atoms with Crippen LogP contribution in [0.15, 0.2) is 28.7 Å². The SMILES string of the molecule is Cc1ccc(C=CC(=O)NCC(C)CO)c(Br)c1. The Kier molecular flexibility index (Phi) is 6.09. The van der Waals surface area contributed by atoms with Gasteiger partial charge in [0.05, 0.1) is 0 Å². The van der Waals surface area contributed by atoms with E-state index in [9.17, 15) is 4.79 Å². The Morgan fingerprint density at radius 3 is 2.89 bits per heavy atom. The highest BCUT2D eigenvalue weighted by atomic mass is 79.9. The van der Waals surface area contributed by atoms with Gasteiger partial charge in [-0.05, 0) is 36.1 Å². The van der Waals surface area contributed by atoms with Crippen molar-refractivity contribution in [2.75, 3.05) is 13.2 Å². The molecule has 1 unspecified atom stereocenters. The van der Waals surface area contributed by atoms with Gasteiger partial charge in [0, 0.05) is 23.7 Å². The van der Waals surface area contributed by atoms with Crippen molar-refractivity contribution in [2.24, 2.45) is 5.92 Å². The van der Waals surface area contributed by atoms with E-state index in [1.165, 1.54) is 11.6 Å². The lowest BCUT2D eigenvalue weighted by atomic mass is 10.1. The Bertz CT molecular complexity index is 443. The van der Waals surface area contributed by atoms with Gasteiger partial charge in [-0.15, -0.1) is 0 Å². The minimum atomic E-state index is -0.150. The largest absolute Gasteiger partial charge is 0.396 e. The summed E-state index contributed by atoms with van der Waals surface area (Å²) in [6, 6.07) is 5.96. The van der Waals surface area contributed by atoms with E-state index in [-0.39, 0.29) is 18.4 Å². The van der Waals surface area contributed by atoms with Crippen LogP contribution >= 0.6 is 15.9 Å². The molecule has 0 fully saturated rings. The number of rotatable bonds is 5. The maximum Gasteiger partial charge on any atom is 0.244 e. The molecule has 3 nitrogen and oxygen atoms in total. The first-order valence-electron chi connectivity index (χ1n) is 5.86. The lowest BCUT2D eigenvalue weighted by Gasteiger charge is -2.07. The average Bonchev–Trinajstić information content (AvgIpc) is 2.34. The highest BCUT2D eigenvalue weighted by Gasteiger charge is 2.02. The summed E-state index contributed by atoms with van der Waals surface area (Å²) in [6.07, 6.45) is 3.27. The van der Waals surface area contributed by atoms with Crippen molar-refractivity contribution in [1.29, 1.82) is 0 Å². The lowest BCUT2D eigenvalue weighted by Crippen LogP contribution is -2.27. The van der Waals surface area contributed by atoms with Crippen LogP contribution < -0.4 is 5.32 Å². The molecule has 0 aliphatic rings. The van der Waals surface area contributed by atoms with Crippen molar-refractivity contribution >= 4 is 27.9 Å². The van der Waals surface area contributed by atoms with Gasteiger partial charge in [0.2, 0.25) is 5.91 Å². The maximum absolute atomic E-state index is 11.5. The van der Waals surface area contributed by atoms with Crippen LogP contribution in [0.25, 0.3) is 6.08 Å². The average molecular weight is 312 g/mol. The summed E-state index contributed by atoms with van der Waals surface area (Å²) in [4.78, 5) is 11.5. The predicted octanol–water partition coefficient (Wildman–Crippen LogP) is 2.52. The number of aliphatic hydroxyl groups excluding tert-OH is 1. The number of carbonyl (C=O) groups is 1. The van der Waals surface area contributed by atoms with Gasteiger partial charge >= 0.3 is 0 Å². The fourth-order valence-electron chi connectivity index (χ4n) is 1.33. The zero-order valence-electron chi connectivity index (χ0n) is 10.6. The molecule has 0 bridgehead atoms. The van der Waals surface area contributed by atoms with Crippen LogP contribution in [-0.4, -0.2) is 24.2 Å². The first kappa shape index (κ1) is 14.9. The molecular weight excluding hydrogens is 294 g/mol. The van der Waals surface area contributed by atoms with E-state index < -0.39 is 0 Å². The fourth-order valence-corrected chi connectivity index (χ4v) is 1.96. The zero-order chi connectivity index (χ0) is 13.5. The molecule has 0 saturated carbocycles. The number of aliphatic hydroxyl groups is 1. The molecule has 0 aromatic heterocycles. The van der Waals surface area contributed by atoms with E-state index in [0.717, 1.165) is 10.0 Å². The number of halogens is 1. The van der Waals surface area contributed by atoms with Crippen molar-refractivity contribution in [3.8, 4) is 0 Å². The first-order valence-corrected chi connectivity index (χ1v) is 6.65. The summed E-state index contributed by atoms with van der Waals surface area (Å²) in [6.45, 7) is 4.45. The summed E-state index contributed by atoms with van der Waals surface area (Å²) in [5.41, 5.74) is 2.13. The molecule has 98 valence electrons. The van der Waals surface area contributed by atoms with E-state index in [0.29, 0.717) is 6.54 Å². The maximum atomic E-state index is 11.5. The highest BCUT2D eigenvalue weighted by Crippen LogP contribution is 2.19. The van der Waals surface area contributed by atoms with E-state index in [1.807, 2.05) is 32.0 Å². The van der Waals surface area contributed by atoms with Crippen LogP contribution in [0.4, 0.5) is 0 Å². The Morgan fingerprint density at radius 2 is 2.28 bits per heavy atom. The standard InChI is InChI=1S/C14H18BrNO2/c1-10-3-4-12(13(15)7-10)5-6-14(18)16-8-11(2)9-17/h3-7,11,17H,8-9H2,1-2H3,(H,16,18). The normalized spacial score (nSPS) is 12.7. The van der Waals surface area contributed by atoms with Crippen LogP contribution in [0.3, 0.4) is 0 Å². The molecule has 0 heterocycles. The van der Waals surface area contributed by atoms with Crippen molar-refractivity contribution < 1.29 is 9.90 Å². The van der Waals surface area contributed by atoms with Crippen LogP contribution in [-0.2, 0) is 4.79 Å². The smallest absolute Gasteiger partial charge is 0.244 e. The minimum Gasteiger partial charge on any atom is -0.396 e. The van der Waals surface area contributed by atoms with Gasteiger partial charge in [0.15, 0.2) is 0 Å². The molecule has 1 rings (SSSR count). The molecule has 1 amide bonds. The second-order valence-electron chi connectivity index (χ2n) is 4.39. The Morgan fingerprint density at radius 1 is 1.56 bits per heavy atom. The summed E-state index contributed by atoms with van der Waals surface area (Å²) in [5.74, 6) is -0.0729. The molecule has 0 aliphatic carbocycles. The third-order valence-electron chi connectivity index (χ3n) is 2.51. The fraction of sp³-hybridized carbons (Fsp3) is 0.357. The molecule has 0 radical (unpaired) electrons. The summed E-state index contributed by atoms with van der Waals surface area (Å²) < 4.78 is 0.968. The van der Waals surface area contributed by atoms with Gasteiger partial charge in [-0.1, -0.05) is 35.0 Å². The topological polar surface area (TPSA) is 49.3 Å². The third-order valence-corrected chi connectivity index (χ3v) is 3.19. The molecule has 1 aromatic carbocycles. The van der Waals surface area contributed by atoms with Gasteiger partial charge in [0.25, 0.3) is 0 Å². The Labute approximate surface area is 116 Å². The van der Waals surface area contributed by atoms with Crippen molar-refractivity contribution in [1.82, 2.24) is 5.32 Å². The van der Waals surface area contributed by atoms with Gasteiger partial charge in [-0.2, -0.15) is 0 Å². The number of benzene rings is 1. The lowest BCUT2D eigenvalue weighted by molar-refractivity contribution is -0.116. The third kappa shape index (κ3) is 5.02. The molecule has 0 aliphatic heterocycles. The van der Waals surface area contributed by atoms with Gasteiger partial charge in [0.1, 0.15) is 0 Å². The van der Waals surface area contributed by atoms with E-state index in [1.54, 1.807) is 6.08 Å². The van der Waals surface area contributed by atoms with E-state index in [4.69, 9.17) is 5.11 Å². The summed E-state index contributed by atoms with van der Waals surface area (Å²) in [5, 5.41) is 11.6. The van der Waals surface area contributed by atoms with Crippen LogP contribution in [0.5, 0.6) is 0 Å². The second kappa shape index (κ2) is 7.34. The van der Waals surface area contributed by atoms with Gasteiger partial charge < -0.3 is 10.4 Å². The van der Waals surface area contributed by atoms with Gasteiger partial charge in [-0.25, -0.2) is 0 Å². The second-order valence-corrected chi connectivity index (χ2v) is 5.25. The Balaban J connectivity index is 2.55. The van der Waals surface area contributed by atoms with E-state index >= 15 is 0 Å². The molecule has 0 saturated heterocycles. The molecule has 1 atom stereocenters. The molecule has 2 N–H and O–H groups in total. The monoisotopic (exact) mass is 311 g/mol. The van der Waals surface area contributed by atoms with Gasteiger partial charge in [-0.3, -0.25) is 4.79 Å². The van der Waals surface area contributed by atoms with Crippen molar-refractivity contribution in [3.05, 3.63) is 39.9 Å². The van der Waals surface area contributed by atoms with E-state index in [2.05, 4.69) is 21.2 Å².